The van der Waals surface area contributed by atoms with Crippen molar-refractivity contribution in [3.05, 3.63) is 131 Å². The standard InChI is InChI=1S/C20H17O2.2C12H18O.Yb/c1-21-19-12-5-3-10-17(19)15-8-7-9-16(14-15)18-11-4-6-13-20(18)22-2;2*1-8(2)10-6-5-7-11(9(3)4)12(10)13;/h3-13H,1-2H3;2*5-9,13H,1-4H3;/q-1;;;. The molecule has 0 aromatic heterocycles. The van der Waals surface area contributed by atoms with Gasteiger partial charge in [0.25, 0.3) is 0 Å². The van der Waals surface area contributed by atoms with Crippen LogP contribution in [0.5, 0.6) is 23.0 Å². The first kappa shape index (κ1) is 42.0. The number of methoxy groups -OCH3 is 2. The Morgan fingerprint density at radius 2 is 0.714 bits per heavy atom. The van der Waals surface area contributed by atoms with E-state index >= 15 is 0 Å². The molecule has 0 aliphatic carbocycles. The zero-order valence-corrected chi connectivity index (χ0v) is 32.3. The van der Waals surface area contributed by atoms with Crippen LogP contribution < -0.4 is 9.47 Å². The van der Waals surface area contributed by atoms with E-state index in [-0.39, 0.29) is 46.9 Å². The van der Waals surface area contributed by atoms with Gasteiger partial charge in [-0.05, 0) is 69.2 Å². The van der Waals surface area contributed by atoms with E-state index in [4.69, 9.17) is 9.47 Å². The maximum absolute atomic E-state index is 9.93. The zero-order chi connectivity index (χ0) is 35.4. The normalized spacial score (nSPS) is 10.6. The minimum atomic E-state index is 0. The van der Waals surface area contributed by atoms with E-state index in [1.54, 1.807) is 14.2 Å². The van der Waals surface area contributed by atoms with E-state index < -0.39 is 0 Å². The number of aromatic hydroxyl groups is 2. The van der Waals surface area contributed by atoms with Crippen LogP contribution in [0.2, 0.25) is 0 Å². The summed E-state index contributed by atoms with van der Waals surface area (Å²) < 4.78 is 10.9. The number of phenolic OH excluding ortho intramolecular Hbond substituents is 2. The second-order valence-electron chi connectivity index (χ2n) is 13.1. The molecule has 0 aliphatic heterocycles. The molecule has 0 aliphatic rings. The fraction of sp³-hybridized carbons (Fsp3) is 0.318. The summed E-state index contributed by atoms with van der Waals surface area (Å²) in [6.07, 6.45) is 0. The Kier molecular flexibility index (Phi) is 17.6. The molecule has 268 valence electrons. The third-order valence-electron chi connectivity index (χ3n) is 8.27. The summed E-state index contributed by atoms with van der Waals surface area (Å²) in [5, 5.41) is 19.9. The Morgan fingerprint density at radius 3 is 1.00 bits per heavy atom. The van der Waals surface area contributed by atoms with Crippen LogP contribution in [0.1, 0.15) is 101 Å². The summed E-state index contributed by atoms with van der Waals surface area (Å²) >= 11 is 0. The molecule has 49 heavy (non-hydrogen) atoms. The number of ether oxygens (including phenoxy) is 2. The van der Waals surface area contributed by atoms with Crippen molar-refractivity contribution in [3.63, 3.8) is 0 Å². The first-order valence-electron chi connectivity index (χ1n) is 16.8. The molecule has 4 nitrogen and oxygen atoms in total. The maximum atomic E-state index is 9.93. The first-order valence-corrected chi connectivity index (χ1v) is 16.8. The van der Waals surface area contributed by atoms with Gasteiger partial charge in [0.1, 0.15) is 11.5 Å². The molecule has 0 saturated heterocycles. The number of para-hydroxylation sites is 4. The van der Waals surface area contributed by atoms with Gasteiger partial charge in [-0.2, -0.15) is 0 Å². The van der Waals surface area contributed by atoms with Crippen molar-refractivity contribution in [1.29, 1.82) is 0 Å². The predicted octanol–water partition coefficient (Wildman–Crippen LogP) is 12.1. The molecule has 0 heterocycles. The monoisotopic (exact) mass is 819 g/mol. The molecule has 0 unspecified atom stereocenters. The summed E-state index contributed by atoms with van der Waals surface area (Å²) in [4.78, 5) is 0. The molecule has 0 atom stereocenters. The summed E-state index contributed by atoms with van der Waals surface area (Å²) in [6, 6.07) is 37.5. The van der Waals surface area contributed by atoms with Gasteiger partial charge in [-0.3, -0.25) is 0 Å². The van der Waals surface area contributed by atoms with Crippen LogP contribution in [-0.2, 0) is 0 Å². The van der Waals surface area contributed by atoms with Gasteiger partial charge in [0, 0.05) is 46.9 Å². The van der Waals surface area contributed by atoms with Crippen LogP contribution >= 0.6 is 0 Å². The van der Waals surface area contributed by atoms with Crippen LogP contribution in [0.15, 0.2) is 103 Å². The van der Waals surface area contributed by atoms with Gasteiger partial charge >= 0.3 is 0 Å². The number of rotatable bonds is 8. The van der Waals surface area contributed by atoms with Crippen molar-refractivity contribution in [1.82, 2.24) is 0 Å². The Labute approximate surface area is 333 Å². The molecule has 0 spiro atoms. The third-order valence-corrected chi connectivity index (χ3v) is 8.27. The van der Waals surface area contributed by atoms with Crippen LogP contribution in [0.25, 0.3) is 22.3 Å². The van der Waals surface area contributed by atoms with Gasteiger partial charge in [-0.25, -0.2) is 0 Å². The van der Waals surface area contributed by atoms with Crippen molar-refractivity contribution < 1.29 is 66.6 Å². The molecular weight excluding hydrogens is 766 g/mol. The number of hydrogen-bond acceptors (Lipinski definition) is 4. The zero-order valence-electron chi connectivity index (χ0n) is 30.6. The number of benzene rings is 5. The van der Waals surface area contributed by atoms with Crippen LogP contribution in [0, 0.1) is 53.0 Å². The topological polar surface area (TPSA) is 58.9 Å². The number of phenols is 2. The van der Waals surface area contributed by atoms with Gasteiger partial charge < -0.3 is 19.7 Å². The van der Waals surface area contributed by atoms with E-state index in [9.17, 15) is 10.2 Å². The van der Waals surface area contributed by atoms with Crippen LogP contribution in [0.3, 0.4) is 0 Å². The fourth-order valence-corrected chi connectivity index (χ4v) is 5.54. The van der Waals surface area contributed by atoms with Crippen LogP contribution in [-0.4, -0.2) is 24.4 Å². The van der Waals surface area contributed by atoms with Crippen molar-refractivity contribution >= 4 is 0 Å². The van der Waals surface area contributed by atoms with Gasteiger partial charge in [-0.15, -0.1) is 35.4 Å². The molecular formula is C44H53O4Yb-. The molecule has 2 N–H and O–H groups in total. The average molecular weight is 819 g/mol. The van der Waals surface area contributed by atoms with Crippen LogP contribution in [0.4, 0.5) is 0 Å². The quantitative estimate of drug-likeness (QED) is 0.153. The molecule has 0 saturated carbocycles. The molecule has 0 fully saturated rings. The molecule has 5 aromatic rings. The minimum absolute atomic E-state index is 0. The molecule has 0 amide bonds. The van der Waals surface area contributed by atoms with Gasteiger partial charge in [0.15, 0.2) is 0 Å². The van der Waals surface area contributed by atoms with E-state index in [1.165, 1.54) is 0 Å². The smallest absolute Gasteiger partial charge is 0.122 e. The Balaban J connectivity index is 0.000000269. The summed E-state index contributed by atoms with van der Waals surface area (Å²) in [5.41, 5.74) is 8.25. The first-order chi connectivity index (χ1) is 22.9. The Bertz CT molecular complexity index is 1560. The molecule has 5 rings (SSSR count). The van der Waals surface area contributed by atoms with Gasteiger partial charge in [0.05, 0.1) is 25.7 Å². The minimum Gasteiger partial charge on any atom is -0.507 e. The van der Waals surface area contributed by atoms with E-state index in [2.05, 4.69) is 61.5 Å². The summed E-state index contributed by atoms with van der Waals surface area (Å²) in [5.74, 6) is 4.20. The molecule has 5 heteroatoms. The molecule has 5 aromatic carbocycles. The second-order valence-corrected chi connectivity index (χ2v) is 13.1. The van der Waals surface area contributed by atoms with Gasteiger partial charge in [-0.1, -0.05) is 128 Å². The average Bonchev–Trinajstić information content (AvgIpc) is 3.08. The summed E-state index contributed by atoms with van der Waals surface area (Å²) in [7, 11) is 3.37. The van der Waals surface area contributed by atoms with Crippen molar-refractivity contribution in [2.75, 3.05) is 14.2 Å². The van der Waals surface area contributed by atoms with Crippen molar-refractivity contribution in [3.8, 4) is 45.3 Å². The maximum Gasteiger partial charge on any atom is 0.122 e. The predicted molar refractivity (Wildman–Crippen MR) is 202 cm³/mol. The Morgan fingerprint density at radius 1 is 0.429 bits per heavy atom. The van der Waals surface area contributed by atoms with E-state index in [0.29, 0.717) is 35.2 Å². The SMILES string of the molecule is CC(C)c1cccc(C(C)C)c1O.CC(C)c1cccc(C(C)C)c1O.COc1ccccc1-c1[c-]c(-c2ccccc2OC)ccc1.[Yb]. The van der Waals surface area contributed by atoms with Crippen molar-refractivity contribution in [2.45, 2.75) is 79.1 Å². The van der Waals surface area contributed by atoms with E-state index in [0.717, 1.165) is 56.0 Å². The summed E-state index contributed by atoms with van der Waals surface area (Å²) in [6.45, 7) is 16.8. The van der Waals surface area contributed by atoms with Crippen molar-refractivity contribution in [2.24, 2.45) is 0 Å². The largest absolute Gasteiger partial charge is 0.507 e. The molecule has 0 radical (unpaired) electrons. The Hall–Kier alpha value is -3.18. The molecule has 0 bridgehead atoms. The fourth-order valence-electron chi connectivity index (χ4n) is 5.54. The second kappa shape index (κ2) is 20.5. The van der Waals surface area contributed by atoms with E-state index in [1.807, 2.05) is 103 Å². The third kappa shape index (κ3) is 11.4. The number of hydrogen-bond donors (Lipinski definition) is 2. The van der Waals surface area contributed by atoms with Gasteiger partial charge in [0.2, 0.25) is 0 Å².